The van der Waals surface area contributed by atoms with Crippen LogP contribution in [0.15, 0.2) is 4.99 Å². The molecule has 6 fully saturated rings. The number of rotatable bonds is 12. The number of guanidine groups is 1. The molecule has 2 heterocycles. The molecule has 6 amide bonds. The number of nitrogens with zero attached hydrogens (tertiary/aromatic N) is 4. The van der Waals surface area contributed by atoms with E-state index in [2.05, 4.69) is 15.6 Å². The molecule has 0 spiro atoms. The first-order valence-electron chi connectivity index (χ1n) is 22.9. The Labute approximate surface area is 349 Å². The number of carbonyl (C=O) groups is 6. The highest BCUT2D eigenvalue weighted by atomic mass is 16.6. The Morgan fingerprint density at radius 1 is 0.593 bits per heavy atom. The predicted octanol–water partition coefficient (Wildman–Crippen LogP) is 6.89. The molecule has 2 N–H and O–H groups in total. The van der Waals surface area contributed by atoms with Crippen molar-refractivity contribution in [2.75, 3.05) is 52.5 Å². The maximum Gasteiger partial charge on any atom is 0.413 e. The van der Waals surface area contributed by atoms with Crippen molar-refractivity contribution in [1.29, 1.82) is 0 Å². The van der Waals surface area contributed by atoms with Crippen LogP contribution in [0.4, 0.5) is 19.2 Å². The highest BCUT2D eigenvalue weighted by Crippen LogP contribution is 2.34. The normalized spacial score (nSPS) is 23.7. The van der Waals surface area contributed by atoms with Crippen molar-refractivity contribution >= 4 is 42.1 Å². The third-order valence-corrected chi connectivity index (χ3v) is 13.2. The summed E-state index contributed by atoms with van der Waals surface area (Å²) in [7, 11) is 0. The van der Waals surface area contributed by atoms with E-state index in [1.54, 1.807) is 4.90 Å². The van der Waals surface area contributed by atoms with Crippen LogP contribution < -0.4 is 10.6 Å². The average molecular weight is 829 g/mol. The van der Waals surface area contributed by atoms with Crippen LogP contribution in [0.3, 0.4) is 0 Å². The fraction of sp³-hybridized carbons (Fsp3) is 0.837. The molecule has 6 rings (SSSR count). The monoisotopic (exact) mass is 828 g/mol. The maximum atomic E-state index is 13.8. The van der Waals surface area contributed by atoms with E-state index in [9.17, 15) is 28.8 Å². The first-order valence-corrected chi connectivity index (χ1v) is 22.9. The summed E-state index contributed by atoms with van der Waals surface area (Å²) >= 11 is 0. The second kappa shape index (κ2) is 23.0. The van der Waals surface area contributed by atoms with Gasteiger partial charge in [-0.15, -0.1) is 0 Å². The Kier molecular flexibility index (Phi) is 17.4. The molecular weight excluding hydrogens is 761 g/mol. The van der Waals surface area contributed by atoms with E-state index in [1.165, 1.54) is 17.7 Å². The van der Waals surface area contributed by atoms with Gasteiger partial charge in [0.25, 0.3) is 0 Å². The van der Waals surface area contributed by atoms with Gasteiger partial charge >= 0.3 is 30.3 Å². The highest BCUT2D eigenvalue weighted by molar-refractivity contribution is 6.08. The molecule has 0 aromatic rings. The zero-order valence-electron chi connectivity index (χ0n) is 35.0. The molecule has 59 heavy (non-hydrogen) atoms. The third kappa shape index (κ3) is 13.4. The van der Waals surface area contributed by atoms with E-state index in [-0.39, 0.29) is 83.0 Å². The molecule has 1 unspecified atom stereocenters. The summed E-state index contributed by atoms with van der Waals surface area (Å²) < 4.78 is 22.5. The fourth-order valence-electron chi connectivity index (χ4n) is 9.56. The van der Waals surface area contributed by atoms with Crippen molar-refractivity contribution in [3.05, 3.63) is 0 Å². The van der Waals surface area contributed by atoms with Gasteiger partial charge in [-0.2, -0.15) is 0 Å². The minimum atomic E-state index is -1.09. The standard InChI is InChI=1S/C43H68N6O10/c50-37-35(22-13-23-44-39(45-40(52)57-29-32-16-7-2-8-17-32)46-41(53)58-30-33-18-9-3-10-19-33)36(38(51)56-28-31-14-5-1-6-15-31)49(37)42(54)47-24-26-48(27-25-47)43(55)59-34-20-11-4-12-21-34/h31-36H,1-30H2,(H2,44,45,46,52,53)/t35-,36?/m1/s1. The lowest BCUT2D eigenvalue weighted by Crippen LogP contribution is -2.69. The van der Waals surface area contributed by atoms with Crippen molar-refractivity contribution in [2.45, 2.75) is 153 Å². The van der Waals surface area contributed by atoms with Gasteiger partial charge in [-0.25, -0.2) is 28.9 Å². The van der Waals surface area contributed by atoms with E-state index in [1.807, 2.05) is 0 Å². The lowest BCUT2D eigenvalue weighted by molar-refractivity contribution is -0.171. The molecule has 4 aliphatic carbocycles. The highest BCUT2D eigenvalue weighted by Gasteiger charge is 2.56. The number of hydrogen-bond donors (Lipinski definition) is 2. The maximum absolute atomic E-state index is 13.8. The number of amides is 6. The first-order chi connectivity index (χ1) is 28.7. The molecule has 0 bridgehead atoms. The van der Waals surface area contributed by atoms with Crippen LogP contribution in [0.25, 0.3) is 0 Å². The molecule has 0 aromatic heterocycles. The number of alkyl carbamates (subject to hydrolysis) is 2. The van der Waals surface area contributed by atoms with Gasteiger partial charge in [0.15, 0.2) is 6.04 Å². The summed E-state index contributed by atoms with van der Waals surface area (Å²) in [5.41, 5.74) is 0. The molecule has 6 aliphatic rings. The summed E-state index contributed by atoms with van der Waals surface area (Å²) in [6, 6.07) is -1.66. The van der Waals surface area contributed by atoms with Gasteiger partial charge in [-0.3, -0.25) is 20.4 Å². The number of β-lactam (4-membered cyclic amide) rings is 1. The Bertz CT molecular complexity index is 1410. The van der Waals surface area contributed by atoms with Crippen LogP contribution in [0.5, 0.6) is 0 Å². The van der Waals surface area contributed by atoms with E-state index in [0.717, 1.165) is 120 Å². The molecule has 2 atom stereocenters. The summed E-state index contributed by atoms with van der Waals surface area (Å²) in [5, 5.41) is 5.12. The number of aliphatic imine (C=N–C) groups is 1. The Balaban J connectivity index is 1.04. The summed E-state index contributed by atoms with van der Waals surface area (Å²) in [4.78, 5) is 88.2. The van der Waals surface area contributed by atoms with E-state index in [0.29, 0.717) is 18.3 Å². The molecule has 16 nitrogen and oxygen atoms in total. The van der Waals surface area contributed by atoms with Crippen molar-refractivity contribution in [2.24, 2.45) is 28.7 Å². The zero-order chi connectivity index (χ0) is 41.4. The number of nitrogens with one attached hydrogen (secondary N) is 2. The van der Waals surface area contributed by atoms with E-state index < -0.39 is 42.1 Å². The molecule has 330 valence electrons. The van der Waals surface area contributed by atoms with Crippen LogP contribution in [-0.2, 0) is 28.5 Å². The minimum absolute atomic E-state index is 0.0725. The Hall–Kier alpha value is -4.11. The number of piperazine rings is 1. The van der Waals surface area contributed by atoms with Crippen LogP contribution in [-0.4, -0.2) is 122 Å². The lowest BCUT2D eigenvalue weighted by atomic mass is 9.83. The zero-order valence-corrected chi connectivity index (χ0v) is 35.0. The van der Waals surface area contributed by atoms with Crippen LogP contribution in [0, 0.1) is 23.7 Å². The molecule has 2 saturated heterocycles. The van der Waals surface area contributed by atoms with Gasteiger partial charge in [0, 0.05) is 32.7 Å². The van der Waals surface area contributed by atoms with E-state index in [4.69, 9.17) is 18.9 Å². The number of imide groups is 1. The molecule has 0 radical (unpaired) electrons. The fourth-order valence-corrected chi connectivity index (χ4v) is 9.56. The Morgan fingerprint density at radius 2 is 1.05 bits per heavy atom. The topological polar surface area (TPSA) is 185 Å². The van der Waals surface area contributed by atoms with Gasteiger partial charge in [0.1, 0.15) is 6.10 Å². The van der Waals surface area contributed by atoms with Gasteiger partial charge in [0.2, 0.25) is 11.9 Å². The summed E-state index contributed by atoms with van der Waals surface area (Å²) in [5.74, 6) is -1.12. The number of carbonyl (C=O) groups excluding carboxylic acids is 6. The predicted molar refractivity (Wildman–Crippen MR) is 217 cm³/mol. The summed E-state index contributed by atoms with van der Waals surface area (Å²) in [6.45, 7) is 1.87. The quantitative estimate of drug-likeness (QED) is 0.0524. The molecular formula is C43H68N6O10. The second-order valence-corrected chi connectivity index (χ2v) is 17.6. The van der Waals surface area contributed by atoms with Gasteiger partial charge in [0.05, 0.1) is 25.7 Å². The van der Waals surface area contributed by atoms with Crippen LogP contribution in [0.1, 0.15) is 141 Å². The van der Waals surface area contributed by atoms with Gasteiger partial charge < -0.3 is 28.7 Å². The molecule has 2 aliphatic heterocycles. The van der Waals surface area contributed by atoms with Crippen molar-refractivity contribution in [3.63, 3.8) is 0 Å². The first kappa shape index (κ1) is 44.4. The van der Waals surface area contributed by atoms with Gasteiger partial charge in [-0.1, -0.05) is 64.2 Å². The Morgan fingerprint density at radius 3 is 1.56 bits per heavy atom. The number of ether oxygens (including phenoxy) is 4. The smallest absolute Gasteiger partial charge is 0.413 e. The van der Waals surface area contributed by atoms with Crippen molar-refractivity contribution < 1.29 is 47.7 Å². The minimum Gasteiger partial charge on any atom is -0.464 e. The van der Waals surface area contributed by atoms with Gasteiger partial charge in [-0.05, 0) is 94.8 Å². The number of urea groups is 1. The number of hydrogen-bond acceptors (Lipinski definition) is 11. The van der Waals surface area contributed by atoms with Crippen LogP contribution >= 0.6 is 0 Å². The molecule has 16 heteroatoms. The number of likely N-dealkylation sites (tertiary alicyclic amines) is 1. The third-order valence-electron chi connectivity index (χ3n) is 13.2. The second-order valence-electron chi connectivity index (χ2n) is 17.6. The van der Waals surface area contributed by atoms with Crippen molar-refractivity contribution in [1.82, 2.24) is 25.3 Å². The molecule has 0 aromatic carbocycles. The van der Waals surface area contributed by atoms with Crippen LogP contribution in [0.2, 0.25) is 0 Å². The SMILES string of the molecule is O=C(NC(=NCCC[C@H]1C(=O)N(C(=O)N2CCN(C(=O)OC3CCCCC3)CC2)C1C(=O)OCC1CCCCC1)NC(=O)OCC1CCCCC1)OCC1CCCCC1. The largest absolute Gasteiger partial charge is 0.464 e. The summed E-state index contributed by atoms with van der Waals surface area (Å²) in [6.07, 6.45) is 19.7. The number of esters is 1. The van der Waals surface area contributed by atoms with E-state index >= 15 is 0 Å². The van der Waals surface area contributed by atoms with Crippen molar-refractivity contribution in [3.8, 4) is 0 Å². The molecule has 4 saturated carbocycles. The average Bonchev–Trinajstić information content (AvgIpc) is 3.27. The lowest BCUT2D eigenvalue weighted by Gasteiger charge is -2.46.